The third-order valence-corrected chi connectivity index (χ3v) is 10.5. The Morgan fingerprint density at radius 1 is 1.22 bits per heavy atom. The number of esters is 3. The Balaban J connectivity index is 1.63. The second-order valence-corrected chi connectivity index (χ2v) is 12.4. The molecule has 3 heterocycles. The monoisotopic (exact) mass is 514 g/mol. The maximum atomic E-state index is 13.1. The summed E-state index contributed by atoms with van der Waals surface area (Å²) in [6.07, 6.45) is 4.10. The molecular weight excluding hydrogens is 476 g/mol. The van der Waals surface area contributed by atoms with Crippen LogP contribution < -0.4 is 0 Å². The van der Waals surface area contributed by atoms with E-state index in [0.29, 0.717) is 6.42 Å². The van der Waals surface area contributed by atoms with Gasteiger partial charge in [0.05, 0.1) is 32.2 Å². The molecule has 37 heavy (non-hydrogen) atoms. The van der Waals surface area contributed by atoms with Gasteiger partial charge in [0.2, 0.25) is 0 Å². The summed E-state index contributed by atoms with van der Waals surface area (Å²) in [6.45, 7) is 14.4. The molecule has 8 heteroatoms. The van der Waals surface area contributed by atoms with E-state index in [2.05, 4.69) is 34.3 Å². The summed E-state index contributed by atoms with van der Waals surface area (Å²) in [7, 11) is 1.39. The van der Waals surface area contributed by atoms with Crippen LogP contribution in [0.15, 0.2) is 35.2 Å². The van der Waals surface area contributed by atoms with E-state index in [0.717, 1.165) is 24.0 Å². The molecule has 5 rings (SSSR count). The summed E-state index contributed by atoms with van der Waals surface area (Å²) in [4.78, 5) is 37.9. The molecule has 1 unspecified atom stereocenters. The first-order valence-corrected chi connectivity index (χ1v) is 13.1. The third kappa shape index (κ3) is 3.47. The molecule has 8 nitrogen and oxygen atoms in total. The number of cyclic esters (lactones) is 1. The van der Waals surface area contributed by atoms with Crippen molar-refractivity contribution in [3.8, 4) is 0 Å². The van der Waals surface area contributed by atoms with Crippen molar-refractivity contribution in [2.75, 3.05) is 7.11 Å². The topological polar surface area (TPSA) is 101 Å². The van der Waals surface area contributed by atoms with Crippen LogP contribution in [0, 0.1) is 28.1 Å². The van der Waals surface area contributed by atoms with Gasteiger partial charge >= 0.3 is 17.9 Å². The summed E-state index contributed by atoms with van der Waals surface area (Å²) in [5.41, 5.74) is -0.836. The molecule has 1 aromatic heterocycles. The molecule has 2 bridgehead atoms. The van der Waals surface area contributed by atoms with Crippen LogP contribution in [0.2, 0.25) is 0 Å². The number of fused-ring (bicyclic) bond motifs is 3. The van der Waals surface area contributed by atoms with Gasteiger partial charge in [-0.3, -0.25) is 14.4 Å². The lowest BCUT2D eigenvalue weighted by Crippen LogP contribution is -2.73. The average Bonchev–Trinajstić information content (AvgIpc) is 3.35. The van der Waals surface area contributed by atoms with Crippen LogP contribution in [-0.2, 0) is 33.3 Å². The number of hydrogen-bond acceptors (Lipinski definition) is 8. The zero-order chi connectivity index (χ0) is 27.0. The van der Waals surface area contributed by atoms with Gasteiger partial charge in [-0.15, -0.1) is 0 Å². The Labute approximate surface area is 218 Å². The SMILES string of the molecule is C=C1C2CC[C@@]3(C)[C@H](c4ccoc4)OC(=O)C[C@]13O[C@H]1C[C@H](OC(C)=O)C(C)(C)[C@H](CC(=O)OC)[C@@]21C. The lowest BCUT2D eigenvalue weighted by molar-refractivity contribution is -0.314. The largest absolute Gasteiger partial charge is 0.472 e. The fraction of sp³-hybridized carbons (Fsp3) is 0.690. The predicted octanol–water partition coefficient (Wildman–Crippen LogP) is 4.92. The van der Waals surface area contributed by atoms with Gasteiger partial charge in [-0.25, -0.2) is 0 Å². The molecular formula is C29H38O8. The van der Waals surface area contributed by atoms with E-state index in [1.165, 1.54) is 14.0 Å². The Kier molecular flexibility index (Phi) is 5.94. The highest BCUT2D eigenvalue weighted by Crippen LogP contribution is 2.72. The highest BCUT2D eigenvalue weighted by atomic mass is 16.6. The van der Waals surface area contributed by atoms with Gasteiger partial charge in [0.25, 0.3) is 0 Å². The summed E-state index contributed by atoms with van der Waals surface area (Å²) in [5, 5.41) is 0. The van der Waals surface area contributed by atoms with Crippen molar-refractivity contribution < 1.29 is 37.7 Å². The van der Waals surface area contributed by atoms with Gasteiger partial charge < -0.3 is 23.4 Å². The minimum absolute atomic E-state index is 0.00225. The van der Waals surface area contributed by atoms with E-state index >= 15 is 0 Å². The highest BCUT2D eigenvalue weighted by Gasteiger charge is 2.73. The number of methoxy groups -OCH3 is 1. The van der Waals surface area contributed by atoms with Crippen molar-refractivity contribution in [3.05, 3.63) is 36.3 Å². The zero-order valence-corrected chi connectivity index (χ0v) is 22.6. The Hall–Kier alpha value is -2.61. The van der Waals surface area contributed by atoms with E-state index in [-0.39, 0.29) is 48.7 Å². The maximum absolute atomic E-state index is 13.1. The second-order valence-electron chi connectivity index (χ2n) is 12.4. The van der Waals surface area contributed by atoms with Crippen molar-refractivity contribution in [3.63, 3.8) is 0 Å². The van der Waals surface area contributed by atoms with Gasteiger partial charge in [0.15, 0.2) is 0 Å². The molecule has 0 aromatic carbocycles. The number of rotatable bonds is 4. The molecule has 8 atom stereocenters. The summed E-state index contributed by atoms with van der Waals surface area (Å²) >= 11 is 0. The Bertz CT molecular complexity index is 1120. The van der Waals surface area contributed by atoms with Gasteiger partial charge in [-0.1, -0.05) is 34.3 Å². The van der Waals surface area contributed by atoms with E-state index in [1.807, 2.05) is 6.07 Å². The first-order valence-electron chi connectivity index (χ1n) is 13.1. The van der Waals surface area contributed by atoms with Crippen LogP contribution in [0.3, 0.4) is 0 Å². The van der Waals surface area contributed by atoms with Crippen LogP contribution in [-0.4, -0.2) is 42.8 Å². The summed E-state index contributed by atoms with van der Waals surface area (Å²) < 4.78 is 29.4. The molecule has 4 aliphatic rings. The normalized spacial score (nSPS) is 42.2. The molecule has 2 saturated carbocycles. The molecule has 1 aromatic rings. The second kappa shape index (κ2) is 8.45. The Morgan fingerprint density at radius 3 is 2.57 bits per heavy atom. The van der Waals surface area contributed by atoms with Gasteiger partial charge in [-0.05, 0) is 36.3 Å². The lowest BCUT2D eigenvalue weighted by Gasteiger charge is -2.71. The van der Waals surface area contributed by atoms with E-state index in [9.17, 15) is 14.4 Å². The van der Waals surface area contributed by atoms with E-state index < -0.39 is 34.1 Å². The Morgan fingerprint density at radius 2 is 1.95 bits per heavy atom. The number of ether oxygens (including phenoxy) is 4. The minimum Gasteiger partial charge on any atom is -0.472 e. The third-order valence-electron chi connectivity index (χ3n) is 10.5. The van der Waals surface area contributed by atoms with E-state index in [4.69, 9.17) is 23.4 Å². The molecule has 2 aliphatic carbocycles. The fourth-order valence-electron chi connectivity index (χ4n) is 8.45. The van der Waals surface area contributed by atoms with Gasteiger partial charge in [0, 0.05) is 41.6 Å². The van der Waals surface area contributed by atoms with Crippen molar-refractivity contribution >= 4 is 17.9 Å². The molecule has 202 valence electrons. The molecule has 0 N–H and O–H groups in total. The predicted molar refractivity (Wildman–Crippen MR) is 132 cm³/mol. The van der Waals surface area contributed by atoms with Crippen LogP contribution in [0.5, 0.6) is 0 Å². The van der Waals surface area contributed by atoms with Crippen molar-refractivity contribution in [2.45, 2.75) is 90.6 Å². The maximum Gasteiger partial charge on any atom is 0.309 e. The molecule has 0 radical (unpaired) electrons. The van der Waals surface area contributed by atoms with Crippen molar-refractivity contribution in [2.24, 2.45) is 28.1 Å². The first-order chi connectivity index (χ1) is 17.3. The molecule has 1 spiro atoms. The fourth-order valence-corrected chi connectivity index (χ4v) is 8.45. The van der Waals surface area contributed by atoms with E-state index in [1.54, 1.807) is 12.5 Å². The van der Waals surface area contributed by atoms with Gasteiger partial charge in [-0.2, -0.15) is 0 Å². The highest BCUT2D eigenvalue weighted by molar-refractivity contribution is 5.74. The number of furan rings is 1. The van der Waals surface area contributed by atoms with Crippen molar-refractivity contribution in [1.82, 2.24) is 0 Å². The first kappa shape index (κ1) is 26.0. The van der Waals surface area contributed by atoms with Crippen molar-refractivity contribution in [1.29, 1.82) is 0 Å². The standard InChI is InChI=1S/C29H38O8/c1-16-19-8-10-27(5)25(18-9-11-34-15-18)36-24(32)14-29(16,27)37-22-13-21(35-17(2)30)26(3,4)20(28(19,22)6)12-23(31)33-7/h9,11,15,19-22,25H,1,8,10,12-14H2,2-7H3/t19?,20-,21-,22-,25-,27-,28+,29-/m0/s1. The lowest BCUT2D eigenvalue weighted by atomic mass is 9.41. The van der Waals surface area contributed by atoms with Crippen LogP contribution in [0.1, 0.15) is 78.4 Å². The number of carbonyl (C=O) groups excluding carboxylic acids is 3. The molecule has 0 amide bonds. The van der Waals surface area contributed by atoms with Crippen LogP contribution in [0.4, 0.5) is 0 Å². The number of hydrogen-bond donors (Lipinski definition) is 0. The van der Waals surface area contributed by atoms with Crippen LogP contribution >= 0.6 is 0 Å². The summed E-state index contributed by atoms with van der Waals surface area (Å²) in [5.74, 6) is -1.23. The average molecular weight is 515 g/mol. The molecule has 2 saturated heterocycles. The number of carbonyl (C=O) groups is 3. The zero-order valence-electron chi connectivity index (χ0n) is 22.6. The molecule has 4 fully saturated rings. The van der Waals surface area contributed by atoms with Gasteiger partial charge in [0.1, 0.15) is 17.8 Å². The minimum atomic E-state index is -0.949. The smallest absolute Gasteiger partial charge is 0.309 e. The molecule has 2 aliphatic heterocycles. The quantitative estimate of drug-likeness (QED) is 0.317. The van der Waals surface area contributed by atoms with Crippen LogP contribution in [0.25, 0.3) is 0 Å². The summed E-state index contributed by atoms with van der Waals surface area (Å²) in [6, 6.07) is 1.83.